The van der Waals surface area contributed by atoms with Crippen molar-refractivity contribution in [3.05, 3.63) is 53.1 Å². The van der Waals surface area contributed by atoms with Crippen molar-refractivity contribution in [2.45, 2.75) is 20.3 Å². The fourth-order valence-corrected chi connectivity index (χ4v) is 2.18. The number of aryl methyl sites for hydroxylation is 1. The molecule has 0 aliphatic rings. The van der Waals surface area contributed by atoms with Crippen LogP contribution in [0.2, 0.25) is 0 Å². The van der Waals surface area contributed by atoms with E-state index in [1.807, 2.05) is 24.5 Å². The highest BCUT2D eigenvalue weighted by Crippen LogP contribution is 2.21. The van der Waals surface area contributed by atoms with Crippen molar-refractivity contribution in [2.75, 3.05) is 0 Å². The third-order valence-electron chi connectivity index (χ3n) is 2.94. The Labute approximate surface area is 104 Å². The van der Waals surface area contributed by atoms with Crippen molar-refractivity contribution in [2.24, 2.45) is 0 Å². The molecule has 2 aromatic rings. The predicted molar refractivity (Wildman–Crippen MR) is 66.5 cm³/mol. The number of carbonyl (C=O) groups is 1. The van der Waals surface area contributed by atoms with Crippen molar-refractivity contribution in [3.8, 4) is 5.69 Å². The van der Waals surface area contributed by atoms with Gasteiger partial charge in [0.05, 0.1) is 6.42 Å². The molecule has 18 heavy (non-hydrogen) atoms. The molecule has 2 rings (SSSR count). The van der Waals surface area contributed by atoms with Crippen molar-refractivity contribution < 1.29 is 14.3 Å². The molecule has 1 aromatic heterocycles. The summed E-state index contributed by atoms with van der Waals surface area (Å²) in [7, 11) is 0. The summed E-state index contributed by atoms with van der Waals surface area (Å²) in [5.74, 6) is -1.17. The van der Waals surface area contributed by atoms with Crippen LogP contribution in [-0.4, -0.2) is 15.6 Å². The van der Waals surface area contributed by atoms with E-state index in [-0.39, 0.29) is 12.2 Å². The highest BCUT2D eigenvalue weighted by Gasteiger charge is 2.13. The van der Waals surface area contributed by atoms with Crippen LogP contribution in [0, 0.1) is 19.7 Å². The third kappa shape index (κ3) is 2.27. The zero-order valence-electron chi connectivity index (χ0n) is 10.3. The lowest BCUT2D eigenvalue weighted by molar-refractivity contribution is -0.136. The summed E-state index contributed by atoms with van der Waals surface area (Å²) in [5.41, 5.74) is 3.20. The first kappa shape index (κ1) is 12.4. The second-order valence-electron chi connectivity index (χ2n) is 4.28. The summed E-state index contributed by atoms with van der Waals surface area (Å²) in [6, 6.07) is 8.09. The topological polar surface area (TPSA) is 42.2 Å². The molecule has 0 aliphatic heterocycles. The minimum atomic E-state index is -0.866. The van der Waals surface area contributed by atoms with Crippen molar-refractivity contribution >= 4 is 5.97 Å². The van der Waals surface area contributed by atoms with Crippen LogP contribution in [0.1, 0.15) is 17.0 Å². The average Bonchev–Trinajstić information content (AvgIpc) is 2.53. The molecule has 0 bridgehead atoms. The van der Waals surface area contributed by atoms with Crippen LogP contribution in [-0.2, 0) is 11.2 Å². The lowest BCUT2D eigenvalue weighted by Crippen LogP contribution is -2.03. The van der Waals surface area contributed by atoms with E-state index in [1.165, 1.54) is 12.1 Å². The summed E-state index contributed by atoms with van der Waals surface area (Å²) < 4.78 is 15.1. The first-order chi connectivity index (χ1) is 8.49. The quantitative estimate of drug-likeness (QED) is 0.906. The van der Waals surface area contributed by atoms with Gasteiger partial charge in [-0.1, -0.05) is 6.07 Å². The number of nitrogens with zero attached hydrogens (tertiary/aromatic N) is 1. The molecule has 0 atom stereocenters. The van der Waals surface area contributed by atoms with Crippen molar-refractivity contribution in [1.29, 1.82) is 0 Å². The fraction of sp³-hybridized carbons (Fsp3) is 0.214. The van der Waals surface area contributed by atoms with Gasteiger partial charge >= 0.3 is 5.97 Å². The lowest BCUT2D eigenvalue weighted by atomic mass is 10.2. The Hall–Kier alpha value is -2.10. The van der Waals surface area contributed by atoms with E-state index in [2.05, 4.69) is 0 Å². The summed E-state index contributed by atoms with van der Waals surface area (Å²) in [5, 5.41) is 8.84. The Morgan fingerprint density at radius 3 is 2.67 bits per heavy atom. The summed E-state index contributed by atoms with van der Waals surface area (Å²) in [6.07, 6.45) is -0.0189. The molecule has 0 unspecified atom stereocenters. The number of aliphatic carboxylic acids is 1. The fourth-order valence-electron chi connectivity index (χ4n) is 2.18. The van der Waals surface area contributed by atoms with Gasteiger partial charge in [-0.2, -0.15) is 0 Å². The zero-order valence-corrected chi connectivity index (χ0v) is 10.3. The van der Waals surface area contributed by atoms with E-state index in [0.29, 0.717) is 5.69 Å². The Morgan fingerprint density at radius 2 is 2.06 bits per heavy atom. The second-order valence-corrected chi connectivity index (χ2v) is 4.28. The maximum Gasteiger partial charge on any atom is 0.307 e. The van der Waals surface area contributed by atoms with Gasteiger partial charge in [0, 0.05) is 17.1 Å². The predicted octanol–water partition coefficient (Wildman–Crippen LogP) is 2.86. The van der Waals surface area contributed by atoms with Crippen LogP contribution in [0.15, 0.2) is 30.3 Å². The molecule has 0 spiro atoms. The number of benzene rings is 1. The maximum absolute atomic E-state index is 13.2. The van der Waals surface area contributed by atoms with E-state index in [1.54, 1.807) is 12.1 Å². The molecule has 1 aromatic carbocycles. The Balaban J connectivity index is 2.51. The molecule has 0 saturated carbocycles. The van der Waals surface area contributed by atoms with E-state index in [9.17, 15) is 9.18 Å². The monoisotopic (exact) mass is 247 g/mol. The molecule has 4 heteroatoms. The first-order valence-electron chi connectivity index (χ1n) is 5.64. The first-order valence-corrected chi connectivity index (χ1v) is 5.64. The number of carboxylic acid groups (broad SMARTS) is 1. The van der Waals surface area contributed by atoms with E-state index in [4.69, 9.17) is 5.11 Å². The van der Waals surface area contributed by atoms with Crippen molar-refractivity contribution in [3.63, 3.8) is 0 Å². The molecule has 0 saturated heterocycles. The molecular formula is C14H14FNO2. The molecular weight excluding hydrogens is 233 g/mol. The highest BCUT2D eigenvalue weighted by atomic mass is 19.1. The minimum Gasteiger partial charge on any atom is -0.481 e. The van der Waals surface area contributed by atoms with Crippen LogP contribution in [0.3, 0.4) is 0 Å². The summed E-state index contributed by atoms with van der Waals surface area (Å²) in [4.78, 5) is 10.8. The number of aromatic nitrogens is 1. The van der Waals surface area contributed by atoms with Crippen LogP contribution in [0.4, 0.5) is 4.39 Å². The van der Waals surface area contributed by atoms with Gasteiger partial charge in [-0.05, 0) is 43.7 Å². The molecule has 3 nitrogen and oxygen atoms in total. The maximum atomic E-state index is 13.2. The summed E-state index contributed by atoms with van der Waals surface area (Å²) >= 11 is 0. The lowest BCUT2D eigenvalue weighted by Gasteiger charge is -2.09. The largest absolute Gasteiger partial charge is 0.481 e. The molecule has 1 heterocycles. The standard InChI is InChI=1S/C14H14FNO2/c1-9-6-11(7-14(17)18)10(2)16(9)13-5-3-4-12(15)8-13/h3-6,8H,7H2,1-2H3,(H,17,18). The second kappa shape index (κ2) is 4.64. The number of halogens is 1. The Bertz CT molecular complexity index is 602. The van der Waals surface area contributed by atoms with E-state index >= 15 is 0 Å². The Morgan fingerprint density at radius 1 is 1.33 bits per heavy atom. The Kier molecular flexibility index (Phi) is 3.19. The van der Waals surface area contributed by atoms with Gasteiger partial charge in [-0.15, -0.1) is 0 Å². The molecule has 0 fully saturated rings. The molecule has 94 valence electrons. The zero-order chi connectivity index (χ0) is 13.3. The van der Waals surface area contributed by atoms with Gasteiger partial charge in [0.2, 0.25) is 0 Å². The smallest absolute Gasteiger partial charge is 0.307 e. The van der Waals surface area contributed by atoms with Crippen LogP contribution >= 0.6 is 0 Å². The van der Waals surface area contributed by atoms with Crippen LogP contribution < -0.4 is 0 Å². The van der Waals surface area contributed by atoms with Gasteiger partial charge in [-0.3, -0.25) is 4.79 Å². The minimum absolute atomic E-state index is 0.0189. The molecule has 1 N–H and O–H groups in total. The number of carboxylic acids is 1. The molecule has 0 radical (unpaired) electrons. The van der Waals surface area contributed by atoms with Gasteiger partial charge in [-0.25, -0.2) is 4.39 Å². The van der Waals surface area contributed by atoms with Gasteiger partial charge in [0.25, 0.3) is 0 Å². The van der Waals surface area contributed by atoms with Crippen LogP contribution in [0.25, 0.3) is 5.69 Å². The van der Waals surface area contributed by atoms with Crippen LogP contribution in [0.5, 0.6) is 0 Å². The van der Waals surface area contributed by atoms with E-state index < -0.39 is 5.97 Å². The molecule has 0 amide bonds. The SMILES string of the molecule is Cc1cc(CC(=O)O)c(C)n1-c1cccc(F)c1. The number of rotatable bonds is 3. The van der Waals surface area contributed by atoms with Gasteiger partial charge in [0.15, 0.2) is 0 Å². The number of hydrogen-bond donors (Lipinski definition) is 1. The third-order valence-corrected chi connectivity index (χ3v) is 2.94. The van der Waals surface area contributed by atoms with Gasteiger partial charge in [0.1, 0.15) is 5.82 Å². The normalized spacial score (nSPS) is 10.6. The van der Waals surface area contributed by atoms with E-state index in [0.717, 1.165) is 17.0 Å². The highest BCUT2D eigenvalue weighted by molar-refractivity contribution is 5.71. The van der Waals surface area contributed by atoms with Crippen molar-refractivity contribution in [1.82, 2.24) is 4.57 Å². The molecule has 0 aliphatic carbocycles. The number of hydrogen-bond acceptors (Lipinski definition) is 1. The van der Waals surface area contributed by atoms with Gasteiger partial charge < -0.3 is 9.67 Å². The average molecular weight is 247 g/mol. The summed E-state index contributed by atoms with van der Waals surface area (Å²) in [6.45, 7) is 3.72.